The molecule has 5 nitrogen and oxygen atoms in total. The van der Waals surface area contributed by atoms with Gasteiger partial charge < -0.3 is 10.1 Å². The molecule has 3 rings (SSSR count). The van der Waals surface area contributed by atoms with Gasteiger partial charge in [0.25, 0.3) is 0 Å². The normalized spacial score (nSPS) is 11.8. The quantitative estimate of drug-likeness (QED) is 0.555. The fourth-order valence-electron chi connectivity index (χ4n) is 3.41. The summed E-state index contributed by atoms with van der Waals surface area (Å²) in [6, 6.07) is 17.1. The summed E-state index contributed by atoms with van der Waals surface area (Å²) < 4.78 is 0. The molecule has 0 spiro atoms. The van der Waals surface area contributed by atoms with Crippen molar-refractivity contribution in [1.29, 1.82) is 0 Å². The van der Waals surface area contributed by atoms with Gasteiger partial charge >= 0.3 is 0 Å². The molecule has 0 saturated heterocycles. The van der Waals surface area contributed by atoms with E-state index in [1.165, 1.54) is 6.92 Å². The monoisotopic (exact) mass is 402 g/mol. The molecule has 30 heavy (non-hydrogen) atoms. The number of anilines is 1. The topological polar surface area (TPSA) is 76.1 Å². The van der Waals surface area contributed by atoms with E-state index < -0.39 is 0 Å². The molecule has 5 heteroatoms. The molecule has 0 radical (unpaired) electrons. The zero-order valence-electron chi connectivity index (χ0n) is 17.4. The van der Waals surface area contributed by atoms with Crippen molar-refractivity contribution in [1.82, 2.24) is 4.98 Å². The number of amides is 1. The van der Waals surface area contributed by atoms with Crippen LogP contribution in [0.15, 0.2) is 60.8 Å². The van der Waals surface area contributed by atoms with Gasteiger partial charge in [0.15, 0.2) is 0 Å². The number of aromatic nitrogens is 1. The SMILES string of the molecule is CC(=O)CCCC(=O)Nc1ccc(C(C)C(=O)Cc2cccc3cccnc23)cc1. The van der Waals surface area contributed by atoms with Crippen molar-refractivity contribution < 1.29 is 14.4 Å². The van der Waals surface area contributed by atoms with Crippen LogP contribution in [0.5, 0.6) is 0 Å². The highest BCUT2D eigenvalue weighted by molar-refractivity contribution is 5.93. The van der Waals surface area contributed by atoms with E-state index >= 15 is 0 Å². The number of carbonyl (C=O) groups is 3. The Morgan fingerprint density at radius 3 is 2.43 bits per heavy atom. The Kier molecular flexibility index (Phi) is 7.07. The van der Waals surface area contributed by atoms with Gasteiger partial charge in [-0.05, 0) is 42.7 Å². The average Bonchev–Trinajstić information content (AvgIpc) is 2.73. The number of nitrogens with zero attached hydrogens (tertiary/aromatic N) is 1. The lowest BCUT2D eigenvalue weighted by molar-refractivity contribution is -0.120. The van der Waals surface area contributed by atoms with Crippen molar-refractivity contribution in [3.63, 3.8) is 0 Å². The first kappa shape index (κ1) is 21.4. The van der Waals surface area contributed by atoms with Crippen LogP contribution >= 0.6 is 0 Å². The molecule has 1 unspecified atom stereocenters. The third-order valence-corrected chi connectivity index (χ3v) is 5.19. The number of ketones is 2. The molecule has 0 aliphatic rings. The fraction of sp³-hybridized carbons (Fsp3) is 0.280. The van der Waals surface area contributed by atoms with Crippen LogP contribution in [-0.2, 0) is 20.8 Å². The second-order valence-corrected chi connectivity index (χ2v) is 7.58. The van der Waals surface area contributed by atoms with E-state index in [0.717, 1.165) is 22.0 Å². The molecule has 3 aromatic rings. The lowest BCUT2D eigenvalue weighted by atomic mass is 9.92. The maximum atomic E-state index is 12.9. The van der Waals surface area contributed by atoms with Crippen molar-refractivity contribution in [2.24, 2.45) is 0 Å². The molecule has 0 aliphatic carbocycles. The molecule has 1 atom stereocenters. The van der Waals surface area contributed by atoms with E-state index in [9.17, 15) is 14.4 Å². The molecule has 1 heterocycles. The number of hydrogen-bond acceptors (Lipinski definition) is 4. The van der Waals surface area contributed by atoms with Crippen LogP contribution in [0.1, 0.15) is 50.2 Å². The summed E-state index contributed by atoms with van der Waals surface area (Å²) >= 11 is 0. The van der Waals surface area contributed by atoms with Gasteiger partial charge in [0.1, 0.15) is 11.6 Å². The van der Waals surface area contributed by atoms with Crippen molar-refractivity contribution in [2.45, 2.75) is 45.4 Å². The fourth-order valence-corrected chi connectivity index (χ4v) is 3.41. The number of fused-ring (bicyclic) bond motifs is 1. The van der Waals surface area contributed by atoms with E-state index in [1.54, 1.807) is 6.20 Å². The third kappa shape index (κ3) is 5.60. The Morgan fingerprint density at radius 1 is 0.967 bits per heavy atom. The molecule has 2 aromatic carbocycles. The smallest absolute Gasteiger partial charge is 0.224 e. The van der Waals surface area contributed by atoms with Gasteiger partial charge in [-0.15, -0.1) is 0 Å². The molecule has 0 saturated carbocycles. The van der Waals surface area contributed by atoms with Crippen molar-refractivity contribution in [3.8, 4) is 0 Å². The number of carbonyl (C=O) groups excluding carboxylic acids is 3. The number of rotatable bonds is 9. The first-order valence-corrected chi connectivity index (χ1v) is 10.2. The summed E-state index contributed by atoms with van der Waals surface area (Å²) in [5.74, 6) is -0.167. The number of pyridine rings is 1. The summed E-state index contributed by atoms with van der Waals surface area (Å²) in [6.45, 7) is 3.42. The maximum Gasteiger partial charge on any atom is 0.224 e. The standard InChI is InChI=1S/C25H26N2O3/c1-17(28)6-3-10-24(30)27-22-13-11-19(12-14-22)18(2)23(29)16-21-8-4-7-20-9-5-15-26-25(20)21/h4-5,7-9,11-15,18H,3,6,10,16H2,1-2H3,(H,27,30). The highest BCUT2D eigenvalue weighted by atomic mass is 16.1. The second-order valence-electron chi connectivity index (χ2n) is 7.58. The van der Waals surface area contributed by atoms with Gasteiger partial charge in [0.05, 0.1) is 5.52 Å². The summed E-state index contributed by atoms with van der Waals surface area (Å²) in [7, 11) is 0. The van der Waals surface area contributed by atoms with Gasteiger partial charge in [0.2, 0.25) is 5.91 Å². The Hall–Kier alpha value is -3.34. The molecule has 0 fully saturated rings. The molecular formula is C25H26N2O3. The highest BCUT2D eigenvalue weighted by Crippen LogP contribution is 2.23. The minimum Gasteiger partial charge on any atom is -0.326 e. The number of Topliss-reactive ketones (excluding diaryl/α,β-unsaturated/α-hetero) is 2. The summed E-state index contributed by atoms with van der Waals surface area (Å²) in [5, 5.41) is 3.85. The second kappa shape index (κ2) is 9.92. The molecule has 1 amide bonds. The van der Waals surface area contributed by atoms with Gasteiger partial charge in [-0.3, -0.25) is 14.6 Å². The molecule has 1 aromatic heterocycles. The van der Waals surface area contributed by atoms with Crippen molar-refractivity contribution in [3.05, 3.63) is 71.9 Å². The maximum absolute atomic E-state index is 12.9. The third-order valence-electron chi connectivity index (χ3n) is 5.19. The van der Waals surface area contributed by atoms with Crippen LogP contribution in [0.3, 0.4) is 0 Å². The number of benzene rings is 2. The van der Waals surface area contributed by atoms with E-state index in [2.05, 4.69) is 10.3 Å². The Bertz CT molecular complexity index is 1050. The van der Waals surface area contributed by atoms with Crippen LogP contribution in [0.2, 0.25) is 0 Å². The predicted molar refractivity (Wildman–Crippen MR) is 118 cm³/mol. The van der Waals surface area contributed by atoms with Crippen LogP contribution in [0.25, 0.3) is 10.9 Å². The van der Waals surface area contributed by atoms with Crippen molar-refractivity contribution in [2.75, 3.05) is 5.32 Å². The lowest BCUT2D eigenvalue weighted by Gasteiger charge is -2.13. The molecule has 154 valence electrons. The van der Waals surface area contributed by atoms with Crippen LogP contribution in [-0.4, -0.2) is 22.5 Å². The summed E-state index contributed by atoms with van der Waals surface area (Å²) in [4.78, 5) is 40.2. The van der Waals surface area contributed by atoms with Gasteiger partial charge in [-0.25, -0.2) is 0 Å². The Morgan fingerprint density at radius 2 is 1.70 bits per heavy atom. The Labute approximate surface area is 176 Å². The van der Waals surface area contributed by atoms with Crippen molar-refractivity contribution >= 4 is 34.1 Å². The van der Waals surface area contributed by atoms with E-state index in [-0.39, 0.29) is 23.4 Å². The number of nitrogens with one attached hydrogen (secondary N) is 1. The first-order chi connectivity index (χ1) is 14.4. The first-order valence-electron chi connectivity index (χ1n) is 10.2. The summed E-state index contributed by atoms with van der Waals surface area (Å²) in [6.07, 6.45) is 3.35. The number of para-hydroxylation sites is 1. The number of hydrogen-bond donors (Lipinski definition) is 1. The zero-order valence-corrected chi connectivity index (χ0v) is 17.4. The van der Waals surface area contributed by atoms with Gasteiger partial charge in [0, 0.05) is 42.5 Å². The molecular weight excluding hydrogens is 376 g/mol. The van der Waals surface area contributed by atoms with Crippen LogP contribution < -0.4 is 5.32 Å². The van der Waals surface area contributed by atoms with E-state index in [1.807, 2.05) is 61.5 Å². The van der Waals surface area contributed by atoms with Gasteiger partial charge in [-0.1, -0.05) is 43.3 Å². The zero-order chi connectivity index (χ0) is 21.5. The van der Waals surface area contributed by atoms with E-state index in [0.29, 0.717) is 31.4 Å². The van der Waals surface area contributed by atoms with Gasteiger partial charge in [-0.2, -0.15) is 0 Å². The minimum atomic E-state index is -0.260. The predicted octanol–water partition coefficient (Wildman–Crippen LogP) is 4.85. The highest BCUT2D eigenvalue weighted by Gasteiger charge is 2.17. The molecule has 0 bridgehead atoms. The average molecular weight is 402 g/mol. The lowest BCUT2D eigenvalue weighted by Crippen LogP contribution is -2.13. The van der Waals surface area contributed by atoms with E-state index in [4.69, 9.17) is 0 Å². The minimum absolute atomic E-state index is 0.0880. The Balaban J connectivity index is 1.61. The largest absolute Gasteiger partial charge is 0.326 e. The molecule has 0 aliphatic heterocycles. The van der Waals surface area contributed by atoms with Crippen LogP contribution in [0, 0.1) is 0 Å². The summed E-state index contributed by atoms with van der Waals surface area (Å²) in [5.41, 5.74) is 3.38. The molecule has 1 N–H and O–H groups in total. The van der Waals surface area contributed by atoms with Crippen LogP contribution in [0.4, 0.5) is 5.69 Å².